The van der Waals surface area contributed by atoms with Crippen LogP contribution in [0, 0.1) is 0 Å². The van der Waals surface area contributed by atoms with E-state index in [0.29, 0.717) is 0 Å². The smallest absolute Gasteiger partial charge is 0.323 e. The standard InChI is InChI=1S/C14H24N2O4/c1-10(12-7-4-8-20-12)15-14(19)16(9-13(17)18)11-5-2-3-6-11/h10-12H,2-9H2,1H3,(H,15,19)(H,17,18). The molecule has 6 heteroatoms. The first-order valence-corrected chi connectivity index (χ1v) is 7.48. The van der Waals surface area contributed by atoms with Crippen molar-refractivity contribution in [3.8, 4) is 0 Å². The third kappa shape index (κ3) is 3.85. The molecule has 1 heterocycles. The van der Waals surface area contributed by atoms with Gasteiger partial charge in [-0.15, -0.1) is 0 Å². The molecule has 2 fully saturated rings. The Morgan fingerprint density at radius 2 is 2.00 bits per heavy atom. The molecular weight excluding hydrogens is 260 g/mol. The Bertz CT molecular complexity index is 349. The van der Waals surface area contributed by atoms with Gasteiger partial charge in [-0.05, 0) is 32.6 Å². The number of hydrogen-bond donors (Lipinski definition) is 2. The first-order valence-electron chi connectivity index (χ1n) is 7.48. The average Bonchev–Trinajstić information content (AvgIpc) is 3.08. The van der Waals surface area contributed by atoms with E-state index in [2.05, 4.69) is 5.32 Å². The Balaban J connectivity index is 1.92. The summed E-state index contributed by atoms with van der Waals surface area (Å²) in [6, 6.07) is -0.298. The quantitative estimate of drug-likeness (QED) is 0.803. The van der Waals surface area contributed by atoms with Crippen molar-refractivity contribution < 1.29 is 19.4 Å². The van der Waals surface area contributed by atoms with Crippen LogP contribution in [0.15, 0.2) is 0 Å². The van der Waals surface area contributed by atoms with Gasteiger partial charge in [-0.2, -0.15) is 0 Å². The number of nitrogens with zero attached hydrogens (tertiary/aromatic N) is 1. The highest BCUT2D eigenvalue weighted by molar-refractivity contribution is 5.80. The molecule has 0 spiro atoms. The molecule has 0 aromatic heterocycles. The van der Waals surface area contributed by atoms with Crippen molar-refractivity contribution in [2.24, 2.45) is 0 Å². The molecule has 1 saturated carbocycles. The topological polar surface area (TPSA) is 78.9 Å². The number of carboxylic acids is 1. The van der Waals surface area contributed by atoms with Gasteiger partial charge in [0, 0.05) is 12.6 Å². The summed E-state index contributed by atoms with van der Waals surface area (Å²) in [6.07, 6.45) is 5.94. The van der Waals surface area contributed by atoms with E-state index in [4.69, 9.17) is 9.84 Å². The first kappa shape index (κ1) is 15.1. The number of carbonyl (C=O) groups excluding carboxylic acids is 1. The number of amides is 2. The Labute approximate surface area is 119 Å². The highest BCUT2D eigenvalue weighted by Gasteiger charge is 2.31. The lowest BCUT2D eigenvalue weighted by atomic mass is 10.1. The predicted molar refractivity (Wildman–Crippen MR) is 73.6 cm³/mol. The highest BCUT2D eigenvalue weighted by atomic mass is 16.5. The van der Waals surface area contributed by atoms with Gasteiger partial charge >= 0.3 is 12.0 Å². The van der Waals surface area contributed by atoms with Crippen LogP contribution in [0.1, 0.15) is 45.4 Å². The van der Waals surface area contributed by atoms with Crippen molar-refractivity contribution in [1.82, 2.24) is 10.2 Å². The molecule has 114 valence electrons. The fourth-order valence-corrected chi connectivity index (χ4v) is 3.10. The van der Waals surface area contributed by atoms with Crippen molar-refractivity contribution in [3.05, 3.63) is 0 Å². The SMILES string of the molecule is CC(NC(=O)N(CC(=O)O)C1CCCC1)C1CCCO1. The van der Waals surface area contributed by atoms with Crippen LogP contribution in [0.2, 0.25) is 0 Å². The molecular formula is C14H24N2O4. The summed E-state index contributed by atoms with van der Waals surface area (Å²) in [7, 11) is 0. The van der Waals surface area contributed by atoms with E-state index in [1.54, 1.807) is 0 Å². The number of rotatable bonds is 5. The maximum atomic E-state index is 12.3. The van der Waals surface area contributed by atoms with Gasteiger partial charge in [-0.25, -0.2) is 4.79 Å². The van der Waals surface area contributed by atoms with E-state index >= 15 is 0 Å². The summed E-state index contributed by atoms with van der Waals surface area (Å²) in [5.41, 5.74) is 0. The molecule has 0 radical (unpaired) electrons. The van der Waals surface area contributed by atoms with Gasteiger partial charge in [0.25, 0.3) is 0 Å². The maximum absolute atomic E-state index is 12.3. The minimum atomic E-state index is -0.961. The van der Waals surface area contributed by atoms with E-state index in [0.717, 1.165) is 45.1 Å². The Kier molecular flexibility index (Phi) is 5.23. The van der Waals surface area contributed by atoms with Crippen molar-refractivity contribution >= 4 is 12.0 Å². The average molecular weight is 284 g/mol. The van der Waals surface area contributed by atoms with Crippen LogP contribution < -0.4 is 5.32 Å². The number of nitrogens with one attached hydrogen (secondary N) is 1. The second-order valence-electron chi connectivity index (χ2n) is 5.75. The van der Waals surface area contributed by atoms with E-state index in [-0.39, 0.29) is 30.8 Å². The third-order valence-electron chi connectivity index (χ3n) is 4.21. The first-order chi connectivity index (χ1) is 9.58. The number of urea groups is 1. The molecule has 2 atom stereocenters. The van der Waals surface area contributed by atoms with Gasteiger partial charge in [0.05, 0.1) is 12.1 Å². The molecule has 2 N–H and O–H groups in total. The number of aliphatic carboxylic acids is 1. The van der Waals surface area contributed by atoms with Gasteiger partial charge in [-0.3, -0.25) is 4.79 Å². The molecule has 2 amide bonds. The second kappa shape index (κ2) is 6.92. The van der Waals surface area contributed by atoms with Crippen molar-refractivity contribution in [2.45, 2.75) is 63.6 Å². The van der Waals surface area contributed by atoms with Crippen molar-refractivity contribution in [2.75, 3.05) is 13.2 Å². The Morgan fingerprint density at radius 1 is 1.30 bits per heavy atom. The van der Waals surface area contributed by atoms with Crippen LogP contribution in [0.5, 0.6) is 0 Å². The van der Waals surface area contributed by atoms with Crippen LogP contribution in [0.3, 0.4) is 0 Å². The lowest BCUT2D eigenvalue weighted by Crippen LogP contribution is -2.52. The summed E-state index contributed by atoms with van der Waals surface area (Å²) in [6.45, 7) is 2.43. The van der Waals surface area contributed by atoms with Crippen LogP contribution >= 0.6 is 0 Å². The molecule has 1 aliphatic carbocycles. The fraction of sp³-hybridized carbons (Fsp3) is 0.857. The predicted octanol–water partition coefficient (Wildman–Crippen LogP) is 1.59. The van der Waals surface area contributed by atoms with E-state index in [1.807, 2.05) is 6.92 Å². The van der Waals surface area contributed by atoms with Gasteiger partial charge in [0.15, 0.2) is 0 Å². The van der Waals surface area contributed by atoms with E-state index < -0.39 is 5.97 Å². The zero-order valence-electron chi connectivity index (χ0n) is 12.0. The third-order valence-corrected chi connectivity index (χ3v) is 4.21. The monoisotopic (exact) mass is 284 g/mol. The van der Waals surface area contributed by atoms with Gasteiger partial charge in [0.2, 0.25) is 0 Å². The normalized spacial score (nSPS) is 24.6. The summed E-state index contributed by atoms with van der Waals surface area (Å²) < 4.78 is 5.55. The number of carbonyl (C=O) groups is 2. The highest BCUT2D eigenvalue weighted by Crippen LogP contribution is 2.24. The lowest BCUT2D eigenvalue weighted by molar-refractivity contribution is -0.138. The largest absolute Gasteiger partial charge is 0.480 e. The van der Waals surface area contributed by atoms with Crippen LogP contribution in [0.4, 0.5) is 4.79 Å². The molecule has 0 aromatic carbocycles. The molecule has 1 saturated heterocycles. The van der Waals surface area contributed by atoms with Crippen LogP contribution in [-0.4, -0.2) is 53.3 Å². The minimum absolute atomic E-state index is 0.0502. The zero-order valence-corrected chi connectivity index (χ0v) is 12.0. The molecule has 2 unspecified atom stereocenters. The minimum Gasteiger partial charge on any atom is -0.480 e. The lowest BCUT2D eigenvalue weighted by Gasteiger charge is -2.30. The summed E-state index contributed by atoms with van der Waals surface area (Å²) in [5.74, 6) is -0.961. The molecule has 6 nitrogen and oxygen atoms in total. The molecule has 1 aliphatic heterocycles. The van der Waals surface area contributed by atoms with E-state index in [9.17, 15) is 9.59 Å². The summed E-state index contributed by atoms with van der Waals surface area (Å²) in [5, 5.41) is 11.9. The number of carboxylic acid groups (broad SMARTS) is 1. The zero-order chi connectivity index (χ0) is 14.5. The van der Waals surface area contributed by atoms with Crippen LogP contribution in [0.25, 0.3) is 0 Å². The van der Waals surface area contributed by atoms with E-state index in [1.165, 1.54) is 4.90 Å². The van der Waals surface area contributed by atoms with Crippen LogP contribution in [-0.2, 0) is 9.53 Å². The Hall–Kier alpha value is -1.30. The summed E-state index contributed by atoms with van der Waals surface area (Å²) in [4.78, 5) is 24.8. The Morgan fingerprint density at radius 3 is 2.55 bits per heavy atom. The molecule has 2 aliphatic rings. The summed E-state index contributed by atoms with van der Waals surface area (Å²) >= 11 is 0. The van der Waals surface area contributed by atoms with Gasteiger partial charge in [-0.1, -0.05) is 12.8 Å². The molecule has 2 rings (SSSR count). The molecule has 0 bridgehead atoms. The second-order valence-corrected chi connectivity index (χ2v) is 5.75. The maximum Gasteiger partial charge on any atom is 0.323 e. The van der Waals surface area contributed by atoms with Crippen molar-refractivity contribution in [3.63, 3.8) is 0 Å². The molecule has 20 heavy (non-hydrogen) atoms. The van der Waals surface area contributed by atoms with Gasteiger partial charge in [0.1, 0.15) is 6.54 Å². The number of ether oxygens (including phenoxy) is 1. The number of hydrogen-bond acceptors (Lipinski definition) is 3. The van der Waals surface area contributed by atoms with Crippen molar-refractivity contribution in [1.29, 1.82) is 0 Å². The fourth-order valence-electron chi connectivity index (χ4n) is 3.10. The van der Waals surface area contributed by atoms with Gasteiger partial charge < -0.3 is 20.1 Å². The molecule has 0 aromatic rings.